The highest BCUT2D eigenvalue weighted by Crippen LogP contribution is 2.44. The van der Waals surface area contributed by atoms with Crippen LogP contribution in [0.5, 0.6) is 0 Å². The fourth-order valence-corrected chi connectivity index (χ4v) is 5.34. The molecule has 8 rings (SSSR count). The Morgan fingerprint density at radius 1 is 0.600 bits per heavy atom. The maximum Gasteiger partial charge on any atom is 0.111 e. The summed E-state index contributed by atoms with van der Waals surface area (Å²) in [6.07, 6.45) is 0. The van der Waals surface area contributed by atoms with Crippen LogP contribution in [-0.2, 0) is 0 Å². The fraction of sp³-hybridized carbons (Fsp3) is 0.0263. The van der Waals surface area contributed by atoms with Gasteiger partial charge in [0.1, 0.15) is 5.82 Å². The number of rotatable bonds is 3. The Hall–Kier alpha value is -5.21. The standard InChI is InChI=1S/C38H26N2/c1-25-39-35-19-8-9-20-36(35)40(25)30-14-10-13-28(24-30)37-31-15-4-6-17-33(31)38(34-18-7-5-16-32(34)37)29-22-21-26-11-2-3-12-27(26)23-29/h2-24H,1H3/i2D,3D,4D,5D,6D,7D,11D,12D,15D,16D,17D,18D,21D,22D,23D. The number of nitrogens with zero attached hydrogens (tertiary/aromatic N) is 2. The van der Waals surface area contributed by atoms with Gasteiger partial charge >= 0.3 is 0 Å². The first-order valence-corrected chi connectivity index (χ1v) is 12.5. The second kappa shape index (κ2) is 8.93. The first kappa shape index (κ1) is 12.3. The summed E-state index contributed by atoms with van der Waals surface area (Å²) in [5.74, 6) is 0.638. The molecule has 8 aromatic rings. The number of aryl methyl sites for hydroxylation is 1. The van der Waals surface area contributed by atoms with E-state index in [9.17, 15) is 8.22 Å². The largest absolute Gasteiger partial charge is 0.297 e. The predicted octanol–water partition coefficient (Wildman–Crippen LogP) is 10.1. The maximum atomic E-state index is 9.38. The summed E-state index contributed by atoms with van der Waals surface area (Å²) in [5.41, 5.74) is 1.59. The zero-order chi connectivity index (χ0) is 39.7. The molecule has 1 heterocycles. The van der Waals surface area contributed by atoms with Gasteiger partial charge in [-0.15, -0.1) is 0 Å². The van der Waals surface area contributed by atoms with Gasteiger partial charge in [0.05, 0.1) is 31.6 Å². The molecule has 0 aliphatic carbocycles. The third-order valence-electron chi connectivity index (χ3n) is 7.00. The average Bonchev–Trinajstić information content (AvgIpc) is 3.52. The Balaban J connectivity index is 1.66. The van der Waals surface area contributed by atoms with E-state index >= 15 is 0 Å². The number of aromatic nitrogens is 2. The van der Waals surface area contributed by atoms with Crippen molar-refractivity contribution in [2.24, 2.45) is 0 Å². The second-order valence-electron chi connectivity index (χ2n) is 9.28. The van der Waals surface area contributed by atoms with Crippen LogP contribution >= 0.6 is 0 Å². The van der Waals surface area contributed by atoms with Gasteiger partial charge in [-0.1, -0.05) is 109 Å². The van der Waals surface area contributed by atoms with Crippen molar-refractivity contribution in [3.05, 3.63) is 145 Å². The van der Waals surface area contributed by atoms with Crippen molar-refractivity contribution >= 4 is 43.4 Å². The Labute approximate surface area is 253 Å². The highest BCUT2D eigenvalue weighted by Gasteiger charge is 2.17. The van der Waals surface area contributed by atoms with Crippen molar-refractivity contribution in [2.75, 3.05) is 0 Å². The lowest BCUT2D eigenvalue weighted by atomic mass is 9.85. The number of hydrogen-bond acceptors (Lipinski definition) is 1. The molecule has 188 valence electrons. The van der Waals surface area contributed by atoms with Crippen molar-refractivity contribution < 1.29 is 20.6 Å². The number of imidazole rings is 1. The quantitative estimate of drug-likeness (QED) is 0.210. The smallest absolute Gasteiger partial charge is 0.111 e. The molecule has 0 aliphatic rings. The van der Waals surface area contributed by atoms with Gasteiger partial charge in [0, 0.05) is 5.69 Å². The van der Waals surface area contributed by atoms with Crippen LogP contribution < -0.4 is 0 Å². The van der Waals surface area contributed by atoms with Gasteiger partial charge in [-0.3, -0.25) is 4.57 Å². The van der Waals surface area contributed by atoms with Crippen LogP contribution in [0.25, 0.3) is 71.3 Å². The monoisotopic (exact) mass is 525 g/mol. The van der Waals surface area contributed by atoms with E-state index in [-0.39, 0.29) is 32.7 Å². The Morgan fingerprint density at radius 2 is 1.23 bits per heavy atom. The van der Waals surface area contributed by atoms with Crippen LogP contribution in [0.3, 0.4) is 0 Å². The van der Waals surface area contributed by atoms with E-state index in [0.29, 0.717) is 17.1 Å². The van der Waals surface area contributed by atoms with Crippen molar-refractivity contribution in [3.63, 3.8) is 0 Å². The normalized spacial score (nSPS) is 16.9. The molecule has 2 heteroatoms. The zero-order valence-corrected chi connectivity index (χ0v) is 21.0. The van der Waals surface area contributed by atoms with Gasteiger partial charge in [-0.25, -0.2) is 4.98 Å². The Bertz CT molecular complexity index is 2980. The lowest BCUT2D eigenvalue weighted by Gasteiger charge is -2.18. The molecule has 0 fully saturated rings. The van der Waals surface area contributed by atoms with Gasteiger partial charge in [-0.05, 0) is 91.8 Å². The average molecular weight is 526 g/mol. The molecular formula is C38H26N2. The zero-order valence-electron chi connectivity index (χ0n) is 36.0. The molecule has 2 nitrogen and oxygen atoms in total. The summed E-state index contributed by atoms with van der Waals surface area (Å²) in [5, 5.41) is -1.78. The predicted molar refractivity (Wildman–Crippen MR) is 169 cm³/mol. The van der Waals surface area contributed by atoms with E-state index in [4.69, 9.17) is 12.3 Å². The fourth-order valence-electron chi connectivity index (χ4n) is 5.34. The van der Waals surface area contributed by atoms with E-state index in [1.807, 2.05) is 35.8 Å². The lowest BCUT2D eigenvalue weighted by Crippen LogP contribution is -1.97. The van der Waals surface area contributed by atoms with Crippen molar-refractivity contribution in [3.8, 4) is 27.9 Å². The molecule has 40 heavy (non-hydrogen) atoms. The molecule has 0 aliphatic heterocycles. The number of para-hydroxylation sites is 2. The van der Waals surface area contributed by atoms with E-state index < -0.39 is 107 Å². The topological polar surface area (TPSA) is 17.8 Å². The molecule has 0 saturated carbocycles. The van der Waals surface area contributed by atoms with Gasteiger partial charge < -0.3 is 0 Å². The van der Waals surface area contributed by atoms with Crippen LogP contribution in [0, 0.1) is 6.92 Å². The summed E-state index contributed by atoms with van der Waals surface area (Å²) < 4.78 is 135. The van der Waals surface area contributed by atoms with E-state index in [1.54, 1.807) is 24.3 Å². The minimum Gasteiger partial charge on any atom is -0.297 e. The van der Waals surface area contributed by atoms with Crippen LogP contribution in [0.2, 0.25) is 0 Å². The van der Waals surface area contributed by atoms with Gasteiger partial charge in [0.25, 0.3) is 0 Å². The molecule has 0 atom stereocenters. The maximum absolute atomic E-state index is 9.38. The summed E-state index contributed by atoms with van der Waals surface area (Å²) >= 11 is 0. The third kappa shape index (κ3) is 3.47. The first-order valence-electron chi connectivity index (χ1n) is 20.0. The summed E-state index contributed by atoms with van der Waals surface area (Å²) in [6, 6.07) is 4.39. The van der Waals surface area contributed by atoms with Crippen LogP contribution in [0.4, 0.5) is 0 Å². The minimum atomic E-state index is -0.734. The Kier molecular flexibility index (Phi) is 2.75. The molecule has 0 unspecified atom stereocenters. The highest BCUT2D eigenvalue weighted by molar-refractivity contribution is 6.21. The molecule has 0 spiro atoms. The van der Waals surface area contributed by atoms with Crippen LogP contribution in [-0.4, -0.2) is 9.55 Å². The number of hydrogen-bond donors (Lipinski definition) is 0. The second-order valence-corrected chi connectivity index (χ2v) is 9.28. The molecule has 1 aromatic heterocycles. The lowest BCUT2D eigenvalue weighted by molar-refractivity contribution is 1.00. The molecule has 0 amide bonds. The van der Waals surface area contributed by atoms with Crippen molar-refractivity contribution in [2.45, 2.75) is 6.92 Å². The molecule has 7 aromatic carbocycles. The molecule has 0 saturated heterocycles. The van der Waals surface area contributed by atoms with E-state index in [1.165, 1.54) is 0 Å². The van der Waals surface area contributed by atoms with E-state index in [0.717, 1.165) is 11.0 Å². The SMILES string of the molecule is [2H]c1c([2H])c([2H])c2c([2H])c(-c3c4c([2H])c([2H])c([2H])c([2H])c4c(-c4cccc(-n5c(C)nc6ccccc65)c4)c4c([2H])c([2H])c([2H])c([2H])c34)c([2H])c([2H])c2c1[2H]. The van der Waals surface area contributed by atoms with Gasteiger partial charge in [0.15, 0.2) is 0 Å². The highest BCUT2D eigenvalue weighted by atomic mass is 15.1. The van der Waals surface area contributed by atoms with Crippen molar-refractivity contribution in [1.82, 2.24) is 9.55 Å². The third-order valence-corrected chi connectivity index (χ3v) is 7.00. The molecule has 0 bridgehead atoms. The number of benzene rings is 7. The molecule has 0 radical (unpaired) electrons. The van der Waals surface area contributed by atoms with Crippen LogP contribution in [0.15, 0.2) is 139 Å². The summed E-state index contributed by atoms with van der Waals surface area (Å²) in [4.78, 5) is 4.66. The Morgan fingerprint density at radius 3 is 1.95 bits per heavy atom. The summed E-state index contributed by atoms with van der Waals surface area (Å²) in [6.45, 7) is 1.82. The first-order chi connectivity index (χ1) is 26.0. The minimum absolute atomic E-state index is 0.0311. The van der Waals surface area contributed by atoms with E-state index in [2.05, 4.69) is 4.98 Å². The number of fused-ring (bicyclic) bond motifs is 4. The summed E-state index contributed by atoms with van der Waals surface area (Å²) in [7, 11) is 0. The molecule has 0 N–H and O–H groups in total. The molecular weight excluding hydrogens is 484 g/mol. The van der Waals surface area contributed by atoms with Crippen molar-refractivity contribution in [1.29, 1.82) is 0 Å². The van der Waals surface area contributed by atoms with Gasteiger partial charge in [0.2, 0.25) is 0 Å². The van der Waals surface area contributed by atoms with Crippen LogP contribution in [0.1, 0.15) is 26.4 Å². The van der Waals surface area contributed by atoms with Gasteiger partial charge in [-0.2, -0.15) is 0 Å².